The van der Waals surface area contributed by atoms with Gasteiger partial charge in [-0.25, -0.2) is 14.4 Å². The van der Waals surface area contributed by atoms with Crippen molar-refractivity contribution in [3.8, 4) is 11.1 Å². The van der Waals surface area contributed by atoms with Gasteiger partial charge < -0.3 is 24.8 Å². The second kappa shape index (κ2) is 16.3. The molecule has 0 aliphatic rings. The van der Waals surface area contributed by atoms with Crippen LogP contribution in [0.2, 0.25) is 0 Å². The summed E-state index contributed by atoms with van der Waals surface area (Å²) in [7, 11) is 0. The minimum absolute atomic E-state index is 0.0654. The zero-order valence-electron chi connectivity index (χ0n) is 24.9. The zero-order chi connectivity index (χ0) is 30.5. The molecule has 3 rings (SSSR count). The normalized spacial score (nSPS) is 12.5. The van der Waals surface area contributed by atoms with Crippen molar-refractivity contribution >= 4 is 18.0 Å². The molecule has 0 saturated carbocycles. The van der Waals surface area contributed by atoms with Gasteiger partial charge in [0.2, 0.25) is 0 Å². The average molecular weight is 575 g/mol. The fourth-order valence-corrected chi connectivity index (χ4v) is 4.35. The Morgan fingerprint density at radius 3 is 1.93 bits per heavy atom. The third-order valence-corrected chi connectivity index (χ3v) is 6.47. The Morgan fingerprint density at radius 1 is 0.762 bits per heavy atom. The van der Waals surface area contributed by atoms with Gasteiger partial charge in [-0.2, -0.15) is 0 Å². The molecule has 3 aromatic rings. The van der Waals surface area contributed by atoms with Crippen LogP contribution in [0.1, 0.15) is 38.8 Å². The summed E-state index contributed by atoms with van der Waals surface area (Å²) in [6, 6.07) is 25.1. The van der Waals surface area contributed by atoms with Gasteiger partial charge in [-0.3, -0.25) is 0 Å². The molecule has 0 fully saturated rings. The van der Waals surface area contributed by atoms with E-state index in [0.717, 1.165) is 22.3 Å². The second-order valence-corrected chi connectivity index (χ2v) is 11.2. The van der Waals surface area contributed by atoms with Crippen LogP contribution in [0.15, 0.2) is 84.9 Å². The number of carboxylic acid groups (broad SMARTS) is 1. The Morgan fingerprint density at radius 2 is 1.36 bits per heavy atom. The Kier molecular flexibility index (Phi) is 12.6. The SMILES string of the molecule is CC(C)COC(CN(CC(C)C)C(=O)N[C@@H](Cc1ccc(-c2ccccc2)cc1)C(=O)O)C(=O)OCc1ccccc1. The van der Waals surface area contributed by atoms with Gasteiger partial charge in [0.15, 0.2) is 6.10 Å². The largest absolute Gasteiger partial charge is 0.480 e. The molecule has 8 nitrogen and oxygen atoms in total. The van der Waals surface area contributed by atoms with E-state index >= 15 is 0 Å². The van der Waals surface area contributed by atoms with E-state index in [9.17, 15) is 19.5 Å². The number of carbonyl (C=O) groups excluding carboxylic acids is 2. The number of hydrogen-bond acceptors (Lipinski definition) is 5. The molecule has 0 spiro atoms. The van der Waals surface area contributed by atoms with Crippen LogP contribution in [0.25, 0.3) is 11.1 Å². The van der Waals surface area contributed by atoms with E-state index < -0.39 is 30.1 Å². The predicted molar refractivity (Wildman–Crippen MR) is 163 cm³/mol. The summed E-state index contributed by atoms with van der Waals surface area (Å²) < 4.78 is 11.4. The average Bonchev–Trinajstić information content (AvgIpc) is 2.98. The van der Waals surface area contributed by atoms with Gasteiger partial charge in [0.1, 0.15) is 12.6 Å². The van der Waals surface area contributed by atoms with Crippen molar-refractivity contribution in [1.29, 1.82) is 0 Å². The number of esters is 1. The summed E-state index contributed by atoms with van der Waals surface area (Å²) >= 11 is 0. The van der Waals surface area contributed by atoms with Crippen LogP contribution < -0.4 is 5.32 Å². The molecule has 3 aromatic carbocycles. The lowest BCUT2D eigenvalue weighted by Gasteiger charge is -2.30. The Balaban J connectivity index is 1.70. The van der Waals surface area contributed by atoms with Crippen LogP contribution in [-0.4, -0.2) is 59.8 Å². The lowest BCUT2D eigenvalue weighted by Crippen LogP contribution is -2.52. The smallest absolute Gasteiger partial charge is 0.337 e. The first-order valence-electron chi connectivity index (χ1n) is 14.4. The van der Waals surface area contributed by atoms with Gasteiger partial charge >= 0.3 is 18.0 Å². The third-order valence-electron chi connectivity index (χ3n) is 6.47. The standard InChI is InChI=1S/C34H42N2O6/c1-24(2)20-36(21-31(41-22-25(3)4)33(39)42-23-27-11-7-5-8-12-27)34(40)35-30(32(37)38)19-26-15-17-29(18-16-26)28-13-9-6-10-14-28/h5-18,24-25,30-31H,19-23H2,1-4H3,(H,35,40)(H,37,38)/t30-,31?/m0/s1. The van der Waals surface area contributed by atoms with Gasteiger partial charge in [-0.1, -0.05) is 113 Å². The number of carbonyl (C=O) groups is 3. The van der Waals surface area contributed by atoms with Crippen LogP contribution in [0.3, 0.4) is 0 Å². The van der Waals surface area contributed by atoms with Crippen molar-refractivity contribution in [3.63, 3.8) is 0 Å². The van der Waals surface area contributed by atoms with Crippen molar-refractivity contribution in [2.75, 3.05) is 19.7 Å². The first-order chi connectivity index (χ1) is 20.1. The Labute approximate surface area is 248 Å². The lowest BCUT2D eigenvalue weighted by atomic mass is 10.0. The number of rotatable bonds is 15. The predicted octanol–water partition coefficient (Wildman–Crippen LogP) is 5.80. The molecule has 42 heavy (non-hydrogen) atoms. The number of benzene rings is 3. The number of nitrogens with one attached hydrogen (secondary N) is 1. The number of carboxylic acids is 1. The molecule has 0 bridgehead atoms. The maximum atomic E-state index is 13.4. The molecule has 0 heterocycles. The maximum Gasteiger partial charge on any atom is 0.337 e. The third kappa shape index (κ3) is 10.7. The topological polar surface area (TPSA) is 105 Å². The number of hydrogen-bond donors (Lipinski definition) is 2. The van der Waals surface area contributed by atoms with Crippen LogP contribution in [0.4, 0.5) is 4.79 Å². The highest BCUT2D eigenvalue weighted by Gasteiger charge is 2.30. The molecule has 8 heteroatoms. The molecule has 0 radical (unpaired) electrons. The van der Waals surface area contributed by atoms with Gasteiger partial charge in [0, 0.05) is 13.0 Å². The summed E-state index contributed by atoms with van der Waals surface area (Å²) in [5, 5.41) is 12.6. The molecule has 224 valence electrons. The van der Waals surface area contributed by atoms with E-state index in [4.69, 9.17) is 9.47 Å². The molecule has 0 saturated heterocycles. The number of aliphatic carboxylic acids is 1. The van der Waals surface area contributed by atoms with Crippen molar-refractivity contribution in [2.24, 2.45) is 11.8 Å². The monoisotopic (exact) mass is 574 g/mol. The molecule has 0 aliphatic heterocycles. The highest BCUT2D eigenvalue weighted by Crippen LogP contribution is 2.20. The molecule has 2 amide bonds. The van der Waals surface area contributed by atoms with E-state index in [1.54, 1.807) is 0 Å². The summed E-state index contributed by atoms with van der Waals surface area (Å²) in [6.45, 7) is 8.45. The molecule has 0 aliphatic carbocycles. The summed E-state index contributed by atoms with van der Waals surface area (Å²) in [4.78, 5) is 40.1. The van der Waals surface area contributed by atoms with Crippen LogP contribution in [-0.2, 0) is 32.1 Å². The fraction of sp³-hybridized carbons (Fsp3) is 0.382. The van der Waals surface area contributed by atoms with Crippen molar-refractivity contribution in [2.45, 2.75) is 52.9 Å². The van der Waals surface area contributed by atoms with Crippen LogP contribution in [0, 0.1) is 11.8 Å². The highest BCUT2D eigenvalue weighted by molar-refractivity contribution is 5.83. The summed E-state index contributed by atoms with van der Waals surface area (Å²) in [5.41, 5.74) is 3.70. The van der Waals surface area contributed by atoms with Crippen LogP contribution >= 0.6 is 0 Å². The lowest BCUT2D eigenvalue weighted by molar-refractivity contribution is -0.160. The molecule has 0 aromatic heterocycles. The minimum atomic E-state index is -1.16. The zero-order valence-corrected chi connectivity index (χ0v) is 24.9. The van der Waals surface area contributed by atoms with E-state index in [-0.39, 0.29) is 31.4 Å². The second-order valence-electron chi connectivity index (χ2n) is 11.2. The molecule has 2 N–H and O–H groups in total. The van der Waals surface area contributed by atoms with Crippen LogP contribution in [0.5, 0.6) is 0 Å². The molecule has 2 atom stereocenters. The number of ether oxygens (including phenoxy) is 2. The number of nitrogens with zero attached hydrogens (tertiary/aromatic N) is 1. The van der Waals surface area contributed by atoms with Crippen molar-refractivity contribution < 1.29 is 29.0 Å². The highest BCUT2D eigenvalue weighted by atomic mass is 16.6. The van der Waals surface area contributed by atoms with E-state index in [0.29, 0.717) is 13.2 Å². The quantitative estimate of drug-likeness (QED) is 0.222. The number of amides is 2. The van der Waals surface area contributed by atoms with Gasteiger partial charge in [0.05, 0.1) is 13.2 Å². The molecular weight excluding hydrogens is 532 g/mol. The fourth-order valence-electron chi connectivity index (χ4n) is 4.35. The Hall–Kier alpha value is -4.17. The number of urea groups is 1. The molecular formula is C34H42N2O6. The first-order valence-corrected chi connectivity index (χ1v) is 14.4. The van der Waals surface area contributed by atoms with E-state index in [1.807, 2.05) is 113 Å². The van der Waals surface area contributed by atoms with E-state index in [1.165, 1.54) is 4.90 Å². The van der Waals surface area contributed by atoms with Gasteiger partial charge in [-0.05, 0) is 34.1 Å². The Bertz CT molecular complexity index is 1260. The maximum absolute atomic E-state index is 13.4. The molecule has 1 unspecified atom stereocenters. The van der Waals surface area contributed by atoms with E-state index in [2.05, 4.69) is 5.32 Å². The minimum Gasteiger partial charge on any atom is -0.480 e. The van der Waals surface area contributed by atoms with Crippen molar-refractivity contribution in [3.05, 3.63) is 96.1 Å². The van der Waals surface area contributed by atoms with Crippen molar-refractivity contribution in [1.82, 2.24) is 10.2 Å². The summed E-state index contributed by atoms with van der Waals surface area (Å²) in [6.07, 6.45) is -0.910. The summed E-state index contributed by atoms with van der Waals surface area (Å²) in [5.74, 6) is -1.49. The first kappa shape index (κ1) is 32.3. The van der Waals surface area contributed by atoms with Gasteiger partial charge in [0.25, 0.3) is 0 Å². The van der Waals surface area contributed by atoms with Gasteiger partial charge in [-0.15, -0.1) is 0 Å².